The molecule has 0 N–H and O–H groups in total. The van der Waals surface area contributed by atoms with E-state index in [2.05, 4.69) is 31.2 Å². The third-order valence-electron chi connectivity index (χ3n) is 4.46. The quantitative estimate of drug-likeness (QED) is 0.490. The second-order valence-electron chi connectivity index (χ2n) is 6.39. The van der Waals surface area contributed by atoms with Crippen LogP contribution in [0.3, 0.4) is 0 Å². The molecule has 0 unspecified atom stereocenters. The summed E-state index contributed by atoms with van der Waals surface area (Å²) in [5.74, 6) is -1.08. The average molecular weight is 336 g/mol. The van der Waals surface area contributed by atoms with Crippen LogP contribution >= 0.6 is 0 Å². The first-order valence-electron chi connectivity index (χ1n) is 8.78. The zero-order valence-corrected chi connectivity index (χ0v) is 14.4. The Hall–Kier alpha value is -2.48. The first-order chi connectivity index (χ1) is 12.2. The van der Waals surface area contributed by atoms with Crippen LogP contribution in [-0.2, 0) is 19.3 Å². The third kappa shape index (κ3) is 4.54. The van der Waals surface area contributed by atoms with E-state index < -0.39 is 11.6 Å². The zero-order valence-electron chi connectivity index (χ0n) is 14.4. The zero-order chi connectivity index (χ0) is 17.6. The first-order valence-corrected chi connectivity index (χ1v) is 8.78. The number of hydrogen-bond acceptors (Lipinski definition) is 0. The fourth-order valence-corrected chi connectivity index (χ4v) is 3.02. The van der Waals surface area contributed by atoms with Gasteiger partial charge in [0.2, 0.25) is 0 Å². The molecule has 0 fully saturated rings. The van der Waals surface area contributed by atoms with Crippen molar-refractivity contribution in [2.24, 2.45) is 0 Å². The van der Waals surface area contributed by atoms with Crippen molar-refractivity contribution in [3.05, 3.63) is 95.1 Å². The number of aryl methyl sites for hydroxylation is 3. The molecule has 0 aliphatic heterocycles. The van der Waals surface area contributed by atoms with Gasteiger partial charge >= 0.3 is 0 Å². The minimum Gasteiger partial charge on any atom is -0.207 e. The van der Waals surface area contributed by atoms with Crippen LogP contribution in [0.2, 0.25) is 0 Å². The maximum atomic E-state index is 13.9. The SMILES string of the molecule is CCCc1ccc(CCc2ccc(-c3ccc(F)cc3F)cc2)cc1. The molecule has 0 heterocycles. The lowest BCUT2D eigenvalue weighted by Crippen LogP contribution is -1.93. The van der Waals surface area contributed by atoms with Gasteiger partial charge in [0.15, 0.2) is 0 Å². The molecule has 0 radical (unpaired) electrons. The van der Waals surface area contributed by atoms with Crippen LogP contribution in [0.15, 0.2) is 66.7 Å². The van der Waals surface area contributed by atoms with Crippen LogP contribution in [0, 0.1) is 11.6 Å². The summed E-state index contributed by atoms with van der Waals surface area (Å²) in [6, 6.07) is 20.3. The van der Waals surface area contributed by atoms with Crippen molar-refractivity contribution in [2.75, 3.05) is 0 Å². The molecule has 3 aromatic rings. The lowest BCUT2D eigenvalue weighted by molar-refractivity contribution is 0.585. The molecule has 0 amide bonds. The van der Waals surface area contributed by atoms with Gasteiger partial charge in [-0.1, -0.05) is 61.9 Å². The Morgan fingerprint density at radius 1 is 0.640 bits per heavy atom. The Morgan fingerprint density at radius 3 is 1.68 bits per heavy atom. The standard InChI is InChI=1S/C23H22F2/c1-2-3-17-4-6-18(7-5-17)8-9-19-10-12-20(13-11-19)22-15-14-21(24)16-23(22)25/h4-7,10-16H,2-3,8-9H2,1H3. The fraction of sp³-hybridized carbons (Fsp3) is 0.217. The van der Waals surface area contributed by atoms with Gasteiger partial charge in [-0.3, -0.25) is 0 Å². The van der Waals surface area contributed by atoms with Crippen LogP contribution in [-0.4, -0.2) is 0 Å². The molecule has 0 spiro atoms. The van der Waals surface area contributed by atoms with Crippen molar-refractivity contribution in [3.63, 3.8) is 0 Å². The molecular weight excluding hydrogens is 314 g/mol. The molecule has 0 aliphatic rings. The summed E-state index contributed by atoms with van der Waals surface area (Å²) in [5.41, 5.74) is 5.12. The van der Waals surface area contributed by atoms with Crippen LogP contribution in [0.25, 0.3) is 11.1 Å². The summed E-state index contributed by atoms with van der Waals surface area (Å²) in [6.07, 6.45) is 4.22. The van der Waals surface area contributed by atoms with Gasteiger partial charge in [0.1, 0.15) is 11.6 Å². The maximum absolute atomic E-state index is 13.9. The minimum absolute atomic E-state index is 0.430. The van der Waals surface area contributed by atoms with Crippen molar-refractivity contribution >= 4 is 0 Å². The Balaban J connectivity index is 1.64. The normalized spacial score (nSPS) is 10.8. The Kier molecular flexibility index (Phi) is 5.60. The average Bonchev–Trinajstić information content (AvgIpc) is 2.62. The van der Waals surface area contributed by atoms with Crippen LogP contribution in [0.1, 0.15) is 30.0 Å². The predicted molar refractivity (Wildman–Crippen MR) is 99.6 cm³/mol. The summed E-state index contributed by atoms with van der Waals surface area (Å²) in [5, 5.41) is 0. The second kappa shape index (κ2) is 8.06. The van der Waals surface area contributed by atoms with Crippen LogP contribution in [0.4, 0.5) is 8.78 Å². The van der Waals surface area contributed by atoms with Gasteiger partial charge in [0.05, 0.1) is 0 Å². The minimum atomic E-state index is -0.553. The topological polar surface area (TPSA) is 0 Å². The van der Waals surface area contributed by atoms with Crippen LogP contribution in [0.5, 0.6) is 0 Å². The molecule has 25 heavy (non-hydrogen) atoms. The molecule has 0 aromatic heterocycles. The monoisotopic (exact) mass is 336 g/mol. The van der Waals surface area contributed by atoms with Gasteiger partial charge in [0, 0.05) is 11.6 Å². The van der Waals surface area contributed by atoms with E-state index in [-0.39, 0.29) is 0 Å². The summed E-state index contributed by atoms with van der Waals surface area (Å²) in [6.45, 7) is 2.19. The van der Waals surface area contributed by atoms with E-state index >= 15 is 0 Å². The van der Waals surface area contributed by atoms with Gasteiger partial charge in [-0.25, -0.2) is 8.78 Å². The van der Waals surface area contributed by atoms with Gasteiger partial charge in [0.25, 0.3) is 0 Å². The van der Waals surface area contributed by atoms with E-state index in [1.165, 1.54) is 35.2 Å². The lowest BCUT2D eigenvalue weighted by Gasteiger charge is -2.07. The summed E-state index contributed by atoms with van der Waals surface area (Å²) >= 11 is 0. The van der Waals surface area contributed by atoms with E-state index in [0.29, 0.717) is 5.56 Å². The first kappa shape index (κ1) is 17.3. The van der Waals surface area contributed by atoms with E-state index in [1.54, 1.807) is 0 Å². The van der Waals surface area contributed by atoms with E-state index in [4.69, 9.17) is 0 Å². The molecule has 3 rings (SSSR count). The third-order valence-corrected chi connectivity index (χ3v) is 4.46. The van der Waals surface area contributed by atoms with Crippen molar-refractivity contribution in [2.45, 2.75) is 32.6 Å². The fourth-order valence-electron chi connectivity index (χ4n) is 3.02. The van der Waals surface area contributed by atoms with Gasteiger partial charge in [-0.2, -0.15) is 0 Å². The second-order valence-corrected chi connectivity index (χ2v) is 6.39. The largest absolute Gasteiger partial charge is 0.207 e. The highest BCUT2D eigenvalue weighted by molar-refractivity contribution is 5.64. The van der Waals surface area contributed by atoms with Gasteiger partial charge in [-0.15, -0.1) is 0 Å². The Morgan fingerprint density at radius 2 is 1.16 bits per heavy atom. The molecule has 2 heteroatoms. The molecule has 0 saturated carbocycles. The lowest BCUT2D eigenvalue weighted by atomic mass is 9.99. The molecule has 0 atom stereocenters. The highest BCUT2D eigenvalue weighted by atomic mass is 19.1. The molecule has 0 bridgehead atoms. The molecule has 128 valence electrons. The van der Waals surface area contributed by atoms with E-state index in [1.807, 2.05) is 24.3 Å². The van der Waals surface area contributed by atoms with Crippen molar-refractivity contribution in [1.29, 1.82) is 0 Å². The highest BCUT2D eigenvalue weighted by Gasteiger charge is 2.06. The molecule has 0 nitrogen and oxygen atoms in total. The molecule has 0 saturated heterocycles. The number of rotatable bonds is 6. The van der Waals surface area contributed by atoms with E-state index in [9.17, 15) is 8.78 Å². The molecular formula is C23H22F2. The van der Waals surface area contributed by atoms with E-state index in [0.717, 1.165) is 30.9 Å². The number of hydrogen-bond donors (Lipinski definition) is 0. The van der Waals surface area contributed by atoms with Crippen molar-refractivity contribution in [1.82, 2.24) is 0 Å². The summed E-state index contributed by atoms with van der Waals surface area (Å²) in [4.78, 5) is 0. The summed E-state index contributed by atoms with van der Waals surface area (Å²) < 4.78 is 26.9. The van der Waals surface area contributed by atoms with Gasteiger partial charge in [-0.05, 0) is 53.6 Å². The van der Waals surface area contributed by atoms with Crippen molar-refractivity contribution in [3.8, 4) is 11.1 Å². The van der Waals surface area contributed by atoms with Crippen LogP contribution < -0.4 is 0 Å². The molecule has 3 aromatic carbocycles. The number of benzene rings is 3. The van der Waals surface area contributed by atoms with Crippen molar-refractivity contribution < 1.29 is 8.78 Å². The Labute approximate surface area is 148 Å². The summed E-state index contributed by atoms with van der Waals surface area (Å²) in [7, 11) is 0. The van der Waals surface area contributed by atoms with Gasteiger partial charge < -0.3 is 0 Å². The smallest absolute Gasteiger partial charge is 0.133 e. The number of halogens is 2. The molecule has 0 aliphatic carbocycles. The maximum Gasteiger partial charge on any atom is 0.133 e. The Bertz CT molecular complexity index is 818. The predicted octanol–water partition coefficient (Wildman–Crippen LogP) is 6.37. The highest BCUT2D eigenvalue weighted by Crippen LogP contribution is 2.24.